The number of carboxylic acids is 1. The lowest BCUT2D eigenvalue weighted by Crippen LogP contribution is -2.33. The fourth-order valence-corrected chi connectivity index (χ4v) is 2.96. The average Bonchev–Trinajstić information content (AvgIpc) is 3.14. The van der Waals surface area contributed by atoms with Crippen LogP contribution in [0.15, 0.2) is 34.9 Å². The molecule has 2 atom stereocenters. The fraction of sp³-hybridized carbons (Fsp3) is 0.375. The Morgan fingerprint density at radius 3 is 2.72 bits per heavy atom. The number of nitrogens with zero attached hydrogens (tertiary/aromatic N) is 2. The van der Waals surface area contributed by atoms with Crippen LogP contribution in [0.5, 0.6) is 0 Å². The van der Waals surface area contributed by atoms with E-state index in [-0.39, 0.29) is 19.0 Å². The molecule has 1 aromatic heterocycles. The van der Waals surface area contributed by atoms with Gasteiger partial charge in [0.2, 0.25) is 5.89 Å². The smallest absolute Gasteiger partial charge is 0.393 e. The summed E-state index contributed by atoms with van der Waals surface area (Å²) in [4.78, 5) is 16.6. The first-order valence-corrected chi connectivity index (χ1v) is 7.46. The molecule has 1 saturated heterocycles. The van der Waals surface area contributed by atoms with E-state index in [9.17, 15) is 22.4 Å². The average molecular weight is 358 g/mol. The first-order valence-electron chi connectivity index (χ1n) is 7.46. The summed E-state index contributed by atoms with van der Waals surface area (Å²) in [6.07, 6.45) is -3.30. The van der Waals surface area contributed by atoms with Crippen molar-refractivity contribution in [2.75, 3.05) is 13.1 Å². The van der Waals surface area contributed by atoms with Crippen LogP contribution < -0.4 is 0 Å². The summed E-state index contributed by atoms with van der Waals surface area (Å²) in [7, 11) is 0. The minimum Gasteiger partial charge on any atom is -0.481 e. The maximum absolute atomic E-state index is 13.2. The molecule has 0 saturated carbocycles. The molecule has 0 bridgehead atoms. The molecule has 1 aliphatic rings. The van der Waals surface area contributed by atoms with Crippen molar-refractivity contribution in [2.45, 2.75) is 12.7 Å². The van der Waals surface area contributed by atoms with Gasteiger partial charge in [-0.2, -0.15) is 13.2 Å². The molecule has 0 unspecified atom stereocenters. The first kappa shape index (κ1) is 17.4. The summed E-state index contributed by atoms with van der Waals surface area (Å²) in [6.45, 7) is -0.612. The van der Waals surface area contributed by atoms with Gasteiger partial charge < -0.3 is 9.52 Å². The third kappa shape index (κ3) is 3.81. The van der Waals surface area contributed by atoms with Crippen LogP contribution in [-0.2, 0) is 11.3 Å². The SMILES string of the molecule is O=C(O)[C@@H]1CN(Cc2coc(-c3cccc(F)c3)n2)C[C@H]1C(F)(F)F. The largest absolute Gasteiger partial charge is 0.481 e. The van der Waals surface area contributed by atoms with E-state index in [1.54, 1.807) is 6.07 Å². The van der Waals surface area contributed by atoms with Crippen molar-refractivity contribution in [3.05, 3.63) is 42.0 Å². The van der Waals surface area contributed by atoms with Crippen molar-refractivity contribution in [1.29, 1.82) is 0 Å². The molecule has 25 heavy (non-hydrogen) atoms. The summed E-state index contributed by atoms with van der Waals surface area (Å²) in [5.41, 5.74) is 0.760. The first-order chi connectivity index (χ1) is 11.7. The highest BCUT2D eigenvalue weighted by Crippen LogP contribution is 2.38. The highest BCUT2D eigenvalue weighted by Gasteiger charge is 2.52. The Morgan fingerprint density at radius 2 is 2.12 bits per heavy atom. The maximum atomic E-state index is 13.2. The molecule has 2 aromatic rings. The number of oxazole rings is 1. The lowest BCUT2D eigenvalue weighted by molar-refractivity contribution is -0.188. The number of aromatic nitrogens is 1. The van der Waals surface area contributed by atoms with Crippen LogP contribution in [0, 0.1) is 17.7 Å². The van der Waals surface area contributed by atoms with Gasteiger partial charge in [-0.3, -0.25) is 9.69 Å². The monoisotopic (exact) mass is 358 g/mol. The number of rotatable bonds is 4. The Kier molecular flexibility index (Phi) is 4.51. The van der Waals surface area contributed by atoms with Gasteiger partial charge in [-0.15, -0.1) is 0 Å². The van der Waals surface area contributed by atoms with Crippen molar-refractivity contribution in [3.8, 4) is 11.5 Å². The standard InChI is InChI=1S/C16H14F4N2O3/c17-10-3-1-2-9(4-10)14-21-11(8-25-14)5-22-6-12(15(23)24)13(7-22)16(18,19)20/h1-4,8,12-13H,5-7H2,(H,23,24)/t12-,13-/m1/s1. The van der Waals surface area contributed by atoms with Gasteiger partial charge in [0.15, 0.2) is 0 Å². The van der Waals surface area contributed by atoms with Gasteiger partial charge in [-0.1, -0.05) is 6.07 Å². The number of benzene rings is 1. The topological polar surface area (TPSA) is 66.6 Å². The molecule has 2 heterocycles. The number of hydrogen-bond donors (Lipinski definition) is 1. The second-order valence-electron chi connectivity index (χ2n) is 5.94. The molecule has 9 heteroatoms. The number of likely N-dealkylation sites (tertiary alicyclic amines) is 1. The molecule has 0 amide bonds. The van der Waals surface area contributed by atoms with Crippen molar-refractivity contribution < 1.29 is 31.9 Å². The number of hydrogen-bond acceptors (Lipinski definition) is 4. The molecule has 0 radical (unpaired) electrons. The number of halogens is 4. The van der Waals surface area contributed by atoms with E-state index in [1.807, 2.05) is 0 Å². The van der Waals surface area contributed by atoms with E-state index in [1.165, 1.54) is 29.4 Å². The lowest BCUT2D eigenvalue weighted by atomic mass is 9.96. The summed E-state index contributed by atoms with van der Waals surface area (Å²) in [5, 5.41) is 9.01. The molecule has 5 nitrogen and oxygen atoms in total. The summed E-state index contributed by atoms with van der Waals surface area (Å²) >= 11 is 0. The van der Waals surface area contributed by atoms with E-state index in [0.717, 1.165) is 0 Å². The molecule has 1 fully saturated rings. The highest BCUT2D eigenvalue weighted by atomic mass is 19.4. The van der Waals surface area contributed by atoms with E-state index >= 15 is 0 Å². The number of carbonyl (C=O) groups is 1. The Morgan fingerprint density at radius 1 is 1.36 bits per heavy atom. The van der Waals surface area contributed by atoms with Crippen LogP contribution in [-0.4, -0.2) is 40.2 Å². The van der Waals surface area contributed by atoms with Gasteiger partial charge in [0.05, 0.1) is 17.5 Å². The van der Waals surface area contributed by atoms with Crippen LogP contribution in [0.25, 0.3) is 11.5 Å². The molecule has 3 rings (SSSR count). The van der Waals surface area contributed by atoms with Gasteiger partial charge in [-0.25, -0.2) is 9.37 Å². The molecule has 0 spiro atoms. The van der Waals surface area contributed by atoms with Crippen LogP contribution in [0.4, 0.5) is 17.6 Å². The Balaban J connectivity index is 1.72. The normalized spacial score (nSPS) is 21.6. The molecule has 134 valence electrons. The van der Waals surface area contributed by atoms with Crippen molar-refractivity contribution >= 4 is 5.97 Å². The number of alkyl halides is 3. The van der Waals surface area contributed by atoms with Crippen LogP contribution in [0.2, 0.25) is 0 Å². The van der Waals surface area contributed by atoms with E-state index < -0.39 is 36.3 Å². The lowest BCUT2D eigenvalue weighted by Gasteiger charge is -2.18. The van der Waals surface area contributed by atoms with Gasteiger partial charge in [0.1, 0.15) is 12.1 Å². The van der Waals surface area contributed by atoms with Crippen LogP contribution in [0.3, 0.4) is 0 Å². The second-order valence-corrected chi connectivity index (χ2v) is 5.94. The molecule has 1 N–H and O–H groups in total. The van der Waals surface area contributed by atoms with Crippen LogP contribution >= 0.6 is 0 Å². The minimum atomic E-state index is -4.58. The highest BCUT2D eigenvalue weighted by molar-refractivity contribution is 5.71. The summed E-state index contributed by atoms with van der Waals surface area (Å²) in [6, 6.07) is 5.57. The Labute approximate surface area is 139 Å². The van der Waals surface area contributed by atoms with E-state index in [0.29, 0.717) is 11.3 Å². The van der Waals surface area contributed by atoms with E-state index in [2.05, 4.69) is 4.98 Å². The number of carboxylic acid groups (broad SMARTS) is 1. The predicted molar refractivity (Wildman–Crippen MR) is 77.8 cm³/mol. The zero-order chi connectivity index (χ0) is 18.2. The Bertz CT molecular complexity index is 775. The zero-order valence-corrected chi connectivity index (χ0v) is 12.8. The molecule has 1 aliphatic heterocycles. The minimum absolute atomic E-state index is 0.0230. The second kappa shape index (κ2) is 6.47. The van der Waals surface area contributed by atoms with Gasteiger partial charge in [0.25, 0.3) is 0 Å². The third-order valence-electron chi connectivity index (χ3n) is 4.14. The summed E-state index contributed by atoms with van der Waals surface area (Å²) < 4.78 is 57.4. The van der Waals surface area contributed by atoms with Gasteiger partial charge >= 0.3 is 12.1 Å². The maximum Gasteiger partial charge on any atom is 0.393 e. The quantitative estimate of drug-likeness (QED) is 0.851. The van der Waals surface area contributed by atoms with Crippen molar-refractivity contribution in [3.63, 3.8) is 0 Å². The zero-order valence-electron chi connectivity index (χ0n) is 12.8. The summed E-state index contributed by atoms with van der Waals surface area (Å²) in [5.74, 6) is -5.20. The molecular formula is C16H14F4N2O3. The van der Waals surface area contributed by atoms with Crippen LogP contribution in [0.1, 0.15) is 5.69 Å². The number of aliphatic carboxylic acids is 1. The van der Waals surface area contributed by atoms with Crippen molar-refractivity contribution in [1.82, 2.24) is 9.88 Å². The third-order valence-corrected chi connectivity index (χ3v) is 4.14. The predicted octanol–water partition coefficient (Wildman–Crippen LogP) is 3.18. The van der Waals surface area contributed by atoms with E-state index in [4.69, 9.17) is 9.52 Å². The fourth-order valence-electron chi connectivity index (χ4n) is 2.96. The molecular weight excluding hydrogens is 344 g/mol. The van der Waals surface area contributed by atoms with Crippen molar-refractivity contribution in [2.24, 2.45) is 11.8 Å². The Hall–Kier alpha value is -2.42. The molecule has 1 aromatic carbocycles. The molecule has 0 aliphatic carbocycles. The van der Waals surface area contributed by atoms with Gasteiger partial charge in [-0.05, 0) is 18.2 Å². The van der Waals surface area contributed by atoms with Gasteiger partial charge in [0, 0.05) is 25.2 Å².